The van der Waals surface area contributed by atoms with E-state index in [4.69, 9.17) is 0 Å². The fourth-order valence-corrected chi connectivity index (χ4v) is 2.08. The molecule has 1 aromatic carbocycles. The minimum atomic E-state index is 0.686. The summed E-state index contributed by atoms with van der Waals surface area (Å²) in [6.07, 6.45) is 2.56. The van der Waals surface area contributed by atoms with Crippen LogP contribution in [-0.4, -0.2) is 13.6 Å². The molecule has 1 unspecified atom stereocenters. The normalized spacial score (nSPS) is 18.4. The Kier molecular flexibility index (Phi) is 5.17. The molecule has 1 aromatic rings. The van der Waals surface area contributed by atoms with Gasteiger partial charge in [0.05, 0.1) is 0 Å². The summed E-state index contributed by atoms with van der Waals surface area (Å²) in [6, 6.07) is 6.60. The fraction of sp³-hybridized carbons (Fsp3) is 0.571. The lowest BCUT2D eigenvalue weighted by Gasteiger charge is -2.13. The zero-order chi connectivity index (χ0) is 12.0. The van der Waals surface area contributed by atoms with Crippen molar-refractivity contribution < 1.29 is 0 Å². The highest BCUT2D eigenvalue weighted by molar-refractivity contribution is 5.62. The van der Waals surface area contributed by atoms with Gasteiger partial charge in [0, 0.05) is 25.0 Å². The Morgan fingerprint density at radius 3 is 2.75 bits per heavy atom. The molecular weight excluding hydrogens is 196 g/mol. The van der Waals surface area contributed by atoms with Gasteiger partial charge in [0.1, 0.15) is 0 Å². The smallest absolute Gasteiger partial charge is 0.0396 e. The summed E-state index contributed by atoms with van der Waals surface area (Å²) in [5.41, 5.74) is 3.95. The SMILES string of the molecule is CC.CNc1ccc2c(c1)NCCCC2C. The molecule has 1 aliphatic rings. The van der Waals surface area contributed by atoms with E-state index in [0.717, 1.165) is 6.54 Å². The molecule has 1 aliphatic heterocycles. The first-order valence-electron chi connectivity index (χ1n) is 6.37. The maximum atomic E-state index is 3.49. The summed E-state index contributed by atoms with van der Waals surface area (Å²) >= 11 is 0. The van der Waals surface area contributed by atoms with Gasteiger partial charge in [0.15, 0.2) is 0 Å². The largest absolute Gasteiger partial charge is 0.388 e. The van der Waals surface area contributed by atoms with Crippen LogP contribution in [0.4, 0.5) is 11.4 Å². The molecule has 1 heterocycles. The summed E-state index contributed by atoms with van der Waals surface area (Å²) in [7, 11) is 1.96. The highest BCUT2D eigenvalue weighted by Gasteiger charge is 2.14. The molecule has 0 aromatic heterocycles. The van der Waals surface area contributed by atoms with Crippen molar-refractivity contribution in [3.05, 3.63) is 23.8 Å². The van der Waals surface area contributed by atoms with Gasteiger partial charge in [0.2, 0.25) is 0 Å². The van der Waals surface area contributed by atoms with Crippen molar-refractivity contribution in [1.82, 2.24) is 0 Å². The molecule has 0 aliphatic carbocycles. The van der Waals surface area contributed by atoms with Crippen molar-refractivity contribution in [1.29, 1.82) is 0 Å². The van der Waals surface area contributed by atoms with E-state index in [1.165, 1.54) is 29.8 Å². The fourth-order valence-electron chi connectivity index (χ4n) is 2.08. The van der Waals surface area contributed by atoms with Gasteiger partial charge in [-0.1, -0.05) is 26.8 Å². The highest BCUT2D eigenvalue weighted by atomic mass is 14.9. The molecule has 0 fully saturated rings. The number of rotatable bonds is 1. The first-order chi connectivity index (χ1) is 7.81. The van der Waals surface area contributed by atoms with Gasteiger partial charge in [-0.3, -0.25) is 0 Å². The lowest BCUT2D eigenvalue weighted by molar-refractivity contribution is 0.668. The molecule has 2 rings (SSSR count). The van der Waals surface area contributed by atoms with E-state index >= 15 is 0 Å². The molecule has 0 radical (unpaired) electrons. The van der Waals surface area contributed by atoms with Gasteiger partial charge < -0.3 is 10.6 Å². The first-order valence-corrected chi connectivity index (χ1v) is 6.37. The predicted octanol–water partition coefficient (Wildman–Crippen LogP) is 4.06. The average Bonchev–Trinajstić information content (AvgIpc) is 2.53. The maximum Gasteiger partial charge on any atom is 0.0396 e. The molecule has 16 heavy (non-hydrogen) atoms. The molecular formula is C14H24N2. The standard InChI is InChI=1S/C12H18N2.C2H6/c1-9-4-3-7-14-12-8-10(13-2)5-6-11(9)12;1-2/h5-6,8-9,13-14H,3-4,7H2,1-2H3;1-2H3. The van der Waals surface area contributed by atoms with E-state index in [0.29, 0.717) is 5.92 Å². The van der Waals surface area contributed by atoms with E-state index < -0.39 is 0 Å². The van der Waals surface area contributed by atoms with Gasteiger partial charge in [0.25, 0.3) is 0 Å². The van der Waals surface area contributed by atoms with Crippen molar-refractivity contribution in [2.75, 3.05) is 24.2 Å². The van der Waals surface area contributed by atoms with Crippen LogP contribution in [0.2, 0.25) is 0 Å². The molecule has 0 amide bonds. The van der Waals surface area contributed by atoms with Crippen LogP contribution in [0.3, 0.4) is 0 Å². The van der Waals surface area contributed by atoms with E-state index in [-0.39, 0.29) is 0 Å². The van der Waals surface area contributed by atoms with Crippen LogP contribution in [-0.2, 0) is 0 Å². The Bertz CT molecular complexity index is 321. The van der Waals surface area contributed by atoms with E-state index in [1.54, 1.807) is 0 Å². The third-order valence-corrected chi connectivity index (χ3v) is 3.00. The molecule has 90 valence electrons. The molecule has 2 N–H and O–H groups in total. The molecule has 0 bridgehead atoms. The second kappa shape index (κ2) is 6.41. The van der Waals surface area contributed by atoms with Gasteiger partial charge >= 0.3 is 0 Å². The van der Waals surface area contributed by atoms with Crippen LogP contribution in [0.5, 0.6) is 0 Å². The topological polar surface area (TPSA) is 24.1 Å². The Morgan fingerprint density at radius 1 is 1.31 bits per heavy atom. The van der Waals surface area contributed by atoms with Crippen LogP contribution < -0.4 is 10.6 Å². The Hall–Kier alpha value is -1.18. The van der Waals surface area contributed by atoms with Crippen molar-refractivity contribution in [2.45, 2.75) is 39.5 Å². The molecule has 2 heteroatoms. The zero-order valence-electron chi connectivity index (χ0n) is 10.9. The van der Waals surface area contributed by atoms with Crippen LogP contribution in [0.1, 0.15) is 45.1 Å². The lowest BCUT2D eigenvalue weighted by Crippen LogP contribution is -2.00. The molecule has 0 spiro atoms. The number of benzene rings is 1. The monoisotopic (exact) mass is 220 g/mol. The average molecular weight is 220 g/mol. The first kappa shape index (κ1) is 12.9. The second-order valence-electron chi connectivity index (χ2n) is 4.02. The summed E-state index contributed by atoms with van der Waals surface area (Å²) in [5.74, 6) is 0.686. The van der Waals surface area contributed by atoms with Crippen molar-refractivity contribution >= 4 is 11.4 Å². The maximum absolute atomic E-state index is 3.49. The number of nitrogens with one attached hydrogen (secondary N) is 2. The van der Waals surface area contributed by atoms with Crippen molar-refractivity contribution in [2.24, 2.45) is 0 Å². The minimum absolute atomic E-state index is 0.686. The van der Waals surface area contributed by atoms with Gasteiger partial charge in [-0.05, 0) is 36.5 Å². The summed E-state index contributed by atoms with van der Waals surface area (Å²) in [5, 5.41) is 6.66. The number of hydrogen-bond acceptors (Lipinski definition) is 2. The number of anilines is 2. The third kappa shape index (κ3) is 2.91. The Labute approximate surface area is 99.5 Å². The van der Waals surface area contributed by atoms with Crippen LogP contribution in [0, 0.1) is 0 Å². The van der Waals surface area contributed by atoms with Crippen LogP contribution in [0.25, 0.3) is 0 Å². The van der Waals surface area contributed by atoms with Gasteiger partial charge in [-0.25, -0.2) is 0 Å². The third-order valence-electron chi connectivity index (χ3n) is 3.00. The van der Waals surface area contributed by atoms with Crippen LogP contribution >= 0.6 is 0 Å². The highest BCUT2D eigenvalue weighted by Crippen LogP contribution is 2.32. The zero-order valence-corrected chi connectivity index (χ0v) is 10.9. The molecule has 2 nitrogen and oxygen atoms in total. The molecule has 0 saturated carbocycles. The lowest BCUT2D eigenvalue weighted by atomic mass is 9.96. The van der Waals surface area contributed by atoms with Crippen molar-refractivity contribution in [3.8, 4) is 0 Å². The van der Waals surface area contributed by atoms with Crippen LogP contribution in [0.15, 0.2) is 18.2 Å². The Morgan fingerprint density at radius 2 is 2.06 bits per heavy atom. The quantitative estimate of drug-likeness (QED) is 0.745. The molecule has 0 saturated heterocycles. The van der Waals surface area contributed by atoms with E-state index in [1.807, 2.05) is 20.9 Å². The van der Waals surface area contributed by atoms with Crippen molar-refractivity contribution in [3.63, 3.8) is 0 Å². The Balaban J connectivity index is 0.000000606. The van der Waals surface area contributed by atoms with E-state index in [9.17, 15) is 0 Å². The van der Waals surface area contributed by atoms with E-state index in [2.05, 4.69) is 35.8 Å². The van der Waals surface area contributed by atoms with Gasteiger partial charge in [-0.2, -0.15) is 0 Å². The predicted molar refractivity (Wildman–Crippen MR) is 73.5 cm³/mol. The molecule has 1 atom stereocenters. The summed E-state index contributed by atoms with van der Waals surface area (Å²) in [4.78, 5) is 0. The number of fused-ring (bicyclic) bond motifs is 1. The van der Waals surface area contributed by atoms with Gasteiger partial charge in [-0.15, -0.1) is 0 Å². The second-order valence-corrected chi connectivity index (χ2v) is 4.02. The summed E-state index contributed by atoms with van der Waals surface area (Å²) in [6.45, 7) is 7.41. The number of hydrogen-bond donors (Lipinski definition) is 2. The summed E-state index contributed by atoms with van der Waals surface area (Å²) < 4.78 is 0. The minimum Gasteiger partial charge on any atom is -0.388 e.